The van der Waals surface area contributed by atoms with Crippen LogP contribution in [0.15, 0.2) is 17.0 Å². The molecule has 6 heteroatoms. The van der Waals surface area contributed by atoms with Crippen LogP contribution >= 0.6 is 15.9 Å². The third kappa shape index (κ3) is 2.92. The fourth-order valence-electron chi connectivity index (χ4n) is 4.20. The Morgan fingerprint density at radius 3 is 2.65 bits per heavy atom. The van der Waals surface area contributed by atoms with Crippen LogP contribution in [0.1, 0.15) is 43.1 Å². The van der Waals surface area contributed by atoms with Gasteiger partial charge in [0.25, 0.3) is 0 Å². The van der Waals surface area contributed by atoms with Crippen molar-refractivity contribution in [2.75, 3.05) is 26.2 Å². The highest BCUT2D eigenvalue weighted by Crippen LogP contribution is 2.36. The summed E-state index contributed by atoms with van der Waals surface area (Å²) >= 11 is 3.62. The summed E-state index contributed by atoms with van der Waals surface area (Å²) in [5.41, 5.74) is 2.15. The van der Waals surface area contributed by atoms with Gasteiger partial charge in [0.2, 0.25) is 0 Å². The number of halogens is 1. The number of hydrogen-bond donors (Lipinski definition) is 1. The molecule has 124 valence electrons. The SMILES string of the molecule is Cc1nccn2c(C3CCC(N4CCNCC4)CC3)nc(Br)c12. The van der Waals surface area contributed by atoms with E-state index in [4.69, 9.17) is 4.98 Å². The molecule has 0 spiro atoms. The number of nitrogens with one attached hydrogen (secondary N) is 1. The van der Waals surface area contributed by atoms with Crippen LogP contribution in [-0.2, 0) is 0 Å². The lowest BCUT2D eigenvalue weighted by molar-refractivity contribution is 0.132. The topological polar surface area (TPSA) is 45.5 Å². The number of imidazole rings is 1. The zero-order valence-electron chi connectivity index (χ0n) is 13.6. The van der Waals surface area contributed by atoms with Gasteiger partial charge in [0.15, 0.2) is 0 Å². The third-order valence-electron chi connectivity index (χ3n) is 5.45. The Kier molecular flexibility index (Phi) is 4.39. The Labute approximate surface area is 145 Å². The van der Waals surface area contributed by atoms with Gasteiger partial charge in [0, 0.05) is 50.5 Å². The molecule has 2 fully saturated rings. The summed E-state index contributed by atoms with van der Waals surface area (Å²) < 4.78 is 3.17. The highest BCUT2D eigenvalue weighted by atomic mass is 79.9. The van der Waals surface area contributed by atoms with E-state index in [1.807, 2.05) is 13.1 Å². The van der Waals surface area contributed by atoms with Gasteiger partial charge in [-0.25, -0.2) is 4.98 Å². The molecule has 0 amide bonds. The second kappa shape index (κ2) is 6.49. The molecule has 1 saturated heterocycles. The van der Waals surface area contributed by atoms with E-state index in [2.05, 4.69) is 41.7 Å². The fraction of sp³-hybridized carbons (Fsp3) is 0.647. The first kappa shape index (κ1) is 15.5. The van der Waals surface area contributed by atoms with Crippen molar-refractivity contribution >= 4 is 21.4 Å². The first-order valence-corrected chi connectivity index (χ1v) is 9.47. The van der Waals surface area contributed by atoms with Crippen LogP contribution in [0.5, 0.6) is 0 Å². The summed E-state index contributed by atoms with van der Waals surface area (Å²) in [6.07, 6.45) is 9.00. The maximum atomic E-state index is 4.83. The first-order valence-electron chi connectivity index (χ1n) is 8.68. The molecule has 23 heavy (non-hydrogen) atoms. The lowest BCUT2D eigenvalue weighted by Crippen LogP contribution is -2.49. The predicted molar refractivity (Wildman–Crippen MR) is 94.9 cm³/mol. The number of piperazine rings is 1. The van der Waals surface area contributed by atoms with E-state index in [0.29, 0.717) is 5.92 Å². The summed E-state index contributed by atoms with van der Waals surface area (Å²) in [4.78, 5) is 11.9. The van der Waals surface area contributed by atoms with Gasteiger partial charge in [-0.15, -0.1) is 0 Å². The molecule has 4 rings (SSSR count). The van der Waals surface area contributed by atoms with Gasteiger partial charge < -0.3 is 5.32 Å². The van der Waals surface area contributed by atoms with E-state index in [-0.39, 0.29) is 0 Å². The molecule has 2 aromatic heterocycles. The molecule has 3 heterocycles. The molecule has 0 unspecified atom stereocenters. The molecule has 1 saturated carbocycles. The Balaban J connectivity index is 1.51. The van der Waals surface area contributed by atoms with E-state index in [1.165, 1.54) is 44.6 Å². The molecule has 2 aromatic rings. The van der Waals surface area contributed by atoms with Crippen LogP contribution in [0.25, 0.3) is 5.52 Å². The van der Waals surface area contributed by atoms with Crippen molar-refractivity contribution in [2.24, 2.45) is 0 Å². The van der Waals surface area contributed by atoms with Gasteiger partial charge in [-0.05, 0) is 48.5 Å². The lowest BCUT2D eigenvalue weighted by atomic mass is 9.84. The summed E-state index contributed by atoms with van der Waals surface area (Å²) in [5.74, 6) is 1.77. The highest BCUT2D eigenvalue weighted by molar-refractivity contribution is 9.10. The molecule has 5 nitrogen and oxygen atoms in total. The minimum atomic E-state index is 0.565. The van der Waals surface area contributed by atoms with Crippen molar-refractivity contribution in [3.05, 3.63) is 28.5 Å². The summed E-state index contributed by atoms with van der Waals surface area (Å²) in [5, 5.41) is 3.45. The quantitative estimate of drug-likeness (QED) is 0.873. The van der Waals surface area contributed by atoms with Crippen molar-refractivity contribution in [3.8, 4) is 0 Å². The fourth-order valence-corrected chi connectivity index (χ4v) is 4.86. The van der Waals surface area contributed by atoms with Gasteiger partial charge in [0.05, 0.1) is 5.69 Å². The molecular weight excluding hydrogens is 354 g/mol. The molecule has 0 bridgehead atoms. The van der Waals surface area contributed by atoms with Crippen molar-refractivity contribution in [1.29, 1.82) is 0 Å². The molecular formula is C17H24BrN5. The summed E-state index contributed by atoms with van der Waals surface area (Å²) in [7, 11) is 0. The van der Waals surface area contributed by atoms with Gasteiger partial charge in [-0.2, -0.15) is 0 Å². The highest BCUT2D eigenvalue weighted by Gasteiger charge is 2.29. The normalized spacial score (nSPS) is 26.7. The molecule has 1 aliphatic carbocycles. The summed E-state index contributed by atoms with van der Waals surface area (Å²) in [6, 6.07) is 0.770. The van der Waals surface area contributed by atoms with E-state index in [0.717, 1.165) is 34.9 Å². The molecule has 0 aromatic carbocycles. The number of aromatic nitrogens is 3. The number of hydrogen-bond acceptors (Lipinski definition) is 4. The van der Waals surface area contributed by atoms with Crippen LogP contribution in [0.4, 0.5) is 0 Å². The van der Waals surface area contributed by atoms with Crippen LogP contribution in [-0.4, -0.2) is 51.5 Å². The van der Waals surface area contributed by atoms with Crippen LogP contribution in [0.2, 0.25) is 0 Å². The van der Waals surface area contributed by atoms with Gasteiger partial charge in [-0.1, -0.05) is 0 Å². The third-order valence-corrected chi connectivity index (χ3v) is 6.01. The van der Waals surface area contributed by atoms with Crippen molar-refractivity contribution < 1.29 is 0 Å². The number of aryl methyl sites for hydroxylation is 1. The Bertz CT molecular complexity index is 684. The maximum absolute atomic E-state index is 4.83. The zero-order chi connectivity index (χ0) is 15.8. The van der Waals surface area contributed by atoms with Crippen LogP contribution < -0.4 is 5.32 Å². The van der Waals surface area contributed by atoms with Crippen molar-refractivity contribution in [3.63, 3.8) is 0 Å². The van der Waals surface area contributed by atoms with Gasteiger partial charge in [-0.3, -0.25) is 14.3 Å². The van der Waals surface area contributed by atoms with Gasteiger partial charge in [0.1, 0.15) is 15.9 Å². The standard InChI is InChI=1S/C17H24BrN5/c1-12-15-16(18)21-17(23(15)11-8-20-12)13-2-4-14(5-3-13)22-9-6-19-7-10-22/h8,11,13-14,19H,2-7,9-10H2,1H3. The molecule has 0 atom stereocenters. The molecule has 1 aliphatic heterocycles. The molecule has 2 aliphatic rings. The average Bonchev–Trinajstić information content (AvgIpc) is 2.94. The Hall–Kier alpha value is -0.980. The summed E-state index contributed by atoms with van der Waals surface area (Å²) in [6.45, 7) is 6.75. The van der Waals surface area contributed by atoms with E-state index < -0.39 is 0 Å². The van der Waals surface area contributed by atoms with E-state index in [9.17, 15) is 0 Å². The largest absolute Gasteiger partial charge is 0.314 e. The van der Waals surface area contributed by atoms with Crippen LogP contribution in [0.3, 0.4) is 0 Å². The van der Waals surface area contributed by atoms with Crippen LogP contribution in [0, 0.1) is 6.92 Å². The molecule has 0 radical (unpaired) electrons. The van der Waals surface area contributed by atoms with Crippen molar-refractivity contribution in [2.45, 2.75) is 44.6 Å². The first-order chi connectivity index (χ1) is 11.2. The van der Waals surface area contributed by atoms with Crippen molar-refractivity contribution in [1.82, 2.24) is 24.6 Å². The Morgan fingerprint density at radius 1 is 1.17 bits per heavy atom. The monoisotopic (exact) mass is 377 g/mol. The zero-order valence-corrected chi connectivity index (χ0v) is 15.2. The number of fused-ring (bicyclic) bond motifs is 1. The molecule has 1 N–H and O–H groups in total. The Morgan fingerprint density at radius 2 is 1.91 bits per heavy atom. The minimum absolute atomic E-state index is 0.565. The maximum Gasteiger partial charge on any atom is 0.134 e. The minimum Gasteiger partial charge on any atom is -0.314 e. The predicted octanol–water partition coefficient (Wildman–Crippen LogP) is 2.73. The van der Waals surface area contributed by atoms with E-state index >= 15 is 0 Å². The van der Waals surface area contributed by atoms with E-state index in [1.54, 1.807) is 0 Å². The average molecular weight is 378 g/mol. The van der Waals surface area contributed by atoms with Gasteiger partial charge >= 0.3 is 0 Å². The second-order valence-corrected chi connectivity index (χ2v) is 7.53. The number of nitrogens with zero attached hydrogens (tertiary/aromatic N) is 4. The number of rotatable bonds is 2. The smallest absolute Gasteiger partial charge is 0.134 e. The second-order valence-electron chi connectivity index (χ2n) is 6.78. The lowest BCUT2D eigenvalue weighted by Gasteiger charge is -2.38.